The van der Waals surface area contributed by atoms with Gasteiger partial charge in [0.05, 0.1) is 11.6 Å². The van der Waals surface area contributed by atoms with Crippen LogP contribution in [0.15, 0.2) is 18.6 Å². The van der Waals surface area contributed by atoms with Gasteiger partial charge in [0.25, 0.3) is 0 Å². The first-order valence-corrected chi connectivity index (χ1v) is 6.81. The van der Waals surface area contributed by atoms with E-state index in [9.17, 15) is 0 Å². The minimum absolute atomic E-state index is 0.593. The molecule has 0 saturated carbocycles. The van der Waals surface area contributed by atoms with Crippen LogP contribution < -0.4 is 5.32 Å². The van der Waals surface area contributed by atoms with Crippen LogP contribution in [0.5, 0.6) is 0 Å². The quantitative estimate of drug-likeness (QED) is 0.740. The topological polar surface area (TPSA) is 84.3 Å². The highest BCUT2D eigenvalue weighted by Crippen LogP contribution is 2.20. The molecule has 0 fully saturated rings. The second kappa shape index (κ2) is 5.28. The molecule has 0 spiro atoms. The zero-order chi connectivity index (χ0) is 13.9. The molecule has 3 rings (SSSR count). The van der Waals surface area contributed by atoms with Gasteiger partial charge >= 0.3 is 0 Å². The van der Waals surface area contributed by atoms with Crippen LogP contribution in [0.4, 0.5) is 5.95 Å². The SMILES string of the molecule is CCCc1nccn1-c1nc(NCC)nc2[nH]ncc12. The molecule has 0 radical (unpaired) electrons. The highest BCUT2D eigenvalue weighted by atomic mass is 15.2. The van der Waals surface area contributed by atoms with Gasteiger partial charge in [-0.05, 0) is 13.3 Å². The van der Waals surface area contributed by atoms with Gasteiger partial charge in [0.2, 0.25) is 5.95 Å². The molecule has 7 heteroatoms. The summed E-state index contributed by atoms with van der Waals surface area (Å²) in [5.41, 5.74) is 0.724. The van der Waals surface area contributed by atoms with Gasteiger partial charge in [0.1, 0.15) is 5.82 Å². The number of fused-ring (bicyclic) bond motifs is 1. The first kappa shape index (κ1) is 12.6. The van der Waals surface area contributed by atoms with Crippen molar-refractivity contribution in [3.63, 3.8) is 0 Å². The minimum atomic E-state index is 0.593. The Morgan fingerprint density at radius 3 is 3.00 bits per heavy atom. The molecule has 0 atom stereocenters. The molecule has 0 unspecified atom stereocenters. The predicted octanol–water partition coefficient (Wildman–Crippen LogP) is 1.92. The number of nitrogens with one attached hydrogen (secondary N) is 2. The second-order valence-corrected chi connectivity index (χ2v) is 4.50. The Morgan fingerprint density at radius 1 is 1.30 bits per heavy atom. The van der Waals surface area contributed by atoms with Crippen LogP contribution in [0.1, 0.15) is 26.1 Å². The van der Waals surface area contributed by atoms with E-state index < -0.39 is 0 Å². The van der Waals surface area contributed by atoms with Gasteiger partial charge in [-0.1, -0.05) is 6.92 Å². The van der Waals surface area contributed by atoms with Crippen LogP contribution in [0.2, 0.25) is 0 Å². The molecule has 104 valence electrons. The lowest BCUT2D eigenvalue weighted by atomic mass is 10.3. The van der Waals surface area contributed by atoms with Crippen molar-refractivity contribution in [1.29, 1.82) is 0 Å². The smallest absolute Gasteiger partial charge is 0.226 e. The molecule has 0 aliphatic heterocycles. The molecule has 7 nitrogen and oxygen atoms in total. The fourth-order valence-electron chi connectivity index (χ4n) is 2.18. The molecule has 0 aliphatic rings. The van der Waals surface area contributed by atoms with E-state index in [1.165, 1.54) is 0 Å². The second-order valence-electron chi connectivity index (χ2n) is 4.50. The summed E-state index contributed by atoms with van der Waals surface area (Å²) in [7, 11) is 0. The Kier molecular flexibility index (Phi) is 3.32. The van der Waals surface area contributed by atoms with Crippen LogP contribution >= 0.6 is 0 Å². The van der Waals surface area contributed by atoms with E-state index in [-0.39, 0.29) is 0 Å². The first-order chi connectivity index (χ1) is 9.83. The number of aromatic nitrogens is 6. The average Bonchev–Trinajstić information content (AvgIpc) is 3.07. The number of hydrogen-bond acceptors (Lipinski definition) is 5. The van der Waals surface area contributed by atoms with Crippen molar-refractivity contribution in [3.8, 4) is 5.82 Å². The molecule has 0 bridgehead atoms. The van der Waals surface area contributed by atoms with Crippen molar-refractivity contribution in [2.24, 2.45) is 0 Å². The zero-order valence-corrected chi connectivity index (χ0v) is 11.6. The molecule has 0 saturated heterocycles. The number of anilines is 1. The van der Waals surface area contributed by atoms with Crippen LogP contribution in [-0.2, 0) is 6.42 Å². The lowest BCUT2D eigenvalue weighted by Gasteiger charge is -2.09. The number of aromatic amines is 1. The van der Waals surface area contributed by atoms with E-state index in [1.807, 2.05) is 17.7 Å². The van der Waals surface area contributed by atoms with Gasteiger partial charge < -0.3 is 5.32 Å². The summed E-state index contributed by atoms with van der Waals surface area (Å²) in [5.74, 6) is 2.40. The summed E-state index contributed by atoms with van der Waals surface area (Å²) in [5, 5.41) is 11.0. The van der Waals surface area contributed by atoms with Gasteiger partial charge in [0, 0.05) is 25.4 Å². The maximum Gasteiger partial charge on any atom is 0.226 e. The highest BCUT2D eigenvalue weighted by Gasteiger charge is 2.13. The van der Waals surface area contributed by atoms with Crippen molar-refractivity contribution >= 4 is 17.0 Å². The molecule has 0 amide bonds. The van der Waals surface area contributed by atoms with Crippen LogP contribution in [0, 0.1) is 0 Å². The van der Waals surface area contributed by atoms with Gasteiger partial charge in [0.15, 0.2) is 11.5 Å². The maximum absolute atomic E-state index is 4.59. The first-order valence-electron chi connectivity index (χ1n) is 6.81. The Morgan fingerprint density at radius 2 is 2.20 bits per heavy atom. The van der Waals surface area contributed by atoms with Gasteiger partial charge in [-0.3, -0.25) is 9.67 Å². The number of rotatable bonds is 5. The molecule has 3 aromatic heterocycles. The average molecular weight is 271 g/mol. The number of hydrogen-bond donors (Lipinski definition) is 2. The summed E-state index contributed by atoms with van der Waals surface area (Å²) in [6.07, 6.45) is 7.42. The standard InChI is InChI=1S/C13H17N7/c1-3-5-10-15-6-7-20(10)12-9-8-16-19-11(9)17-13(18-12)14-4-2/h6-8H,3-5H2,1-2H3,(H2,14,16,17,18,19). The normalized spacial score (nSPS) is 11.1. The summed E-state index contributed by atoms with van der Waals surface area (Å²) in [6.45, 7) is 4.92. The van der Waals surface area contributed by atoms with Crippen LogP contribution in [-0.4, -0.2) is 36.3 Å². The third-order valence-electron chi connectivity index (χ3n) is 3.04. The third kappa shape index (κ3) is 2.11. The minimum Gasteiger partial charge on any atom is -0.354 e. The molecular formula is C13H17N7. The lowest BCUT2D eigenvalue weighted by molar-refractivity contribution is 0.800. The Hall–Kier alpha value is -2.44. The highest BCUT2D eigenvalue weighted by molar-refractivity contribution is 5.82. The Bertz CT molecular complexity index is 712. The third-order valence-corrected chi connectivity index (χ3v) is 3.04. The van der Waals surface area contributed by atoms with Crippen molar-refractivity contribution in [3.05, 3.63) is 24.4 Å². The fraction of sp³-hybridized carbons (Fsp3) is 0.385. The Balaban J connectivity index is 2.17. The van der Waals surface area contributed by atoms with Crippen LogP contribution in [0.3, 0.4) is 0 Å². The summed E-state index contributed by atoms with van der Waals surface area (Å²) >= 11 is 0. The monoisotopic (exact) mass is 271 g/mol. The lowest BCUT2D eigenvalue weighted by Crippen LogP contribution is -2.08. The molecule has 3 aromatic rings. The molecule has 20 heavy (non-hydrogen) atoms. The zero-order valence-electron chi connectivity index (χ0n) is 11.6. The molecule has 0 aliphatic carbocycles. The summed E-state index contributed by atoms with van der Waals surface area (Å²) < 4.78 is 2.00. The molecule has 3 heterocycles. The predicted molar refractivity (Wildman–Crippen MR) is 77.0 cm³/mol. The molecule has 0 aromatic carbocycles. The van der Waals surface area contributed by atoms with E-state index >= 15 is 0 Å². The largest absolute Gasteiger partial charge is 0.354 e. The van der Waals surface area contributed by atoms with E-state index in [1.54, 1.807) is 12.4 Å². The van der Waals surface area contributed by atoms with E-state index in [4.69, 9.17) is 0 Å². The van der Waals surface area contributed by atoms with Crippen molar-refractivity contribution < 1.29 is 0 Å². The van der Waals surface area contributed by atoms with E-state index in [0.29, 0.717) is 5.95 Å². The van der Waals surface area contributed by atoms with Crippen LogP contribution in [0.25, 0.3) is 16.9 Å². The van der Waals surface area contributed by atoms with Gasteiger partial charge in [-0.15, -0.1) is 0 Å². The van der Waals surface area contributed by atoms with Crippen molar-refractivity contribution in [2.75, 3.05) is 11.9 Å². The molecular weight excluding hydrogens is 254 g/mol. The van der Waals surface area contributed by atoms with Gasteiger partial charge in [-0.25, -0.2) is 4.98 Å². The number of H-pyrrole nitrogens is 1. The van der Waals surface area contributed by atoms with Crippen molar-refractivity contribution in [2.45, 2.75) is 26.7 Å². The van der Waals surface area contributed by atoms with E-state index in [0.717, 1.165) is 42.1 Å². The summed E-state index contributed by atoms with van der Waals surface area (Å²) in [6, 6.07) is 0. The fourth-order valence-corrected chi connectivity index (χ4v) is 2.18. The molecule has 2 N–H and O–H groups in total. The Labute approximate surface area is 116 Å². The summed E-state index contributed by atoms with van der Waals surface area (Å²) in [4.78, 5) is 13.4. The van der Waals surface area contributed by atoms with Gasteiger partial charge in [-0.2, -0.15) is 15.1 Å². The van der Waals surface area contributed by atoms with E-state index in [2.05, 4.69) is 37.4 Å². The number of nitrogens with zero attached hydrogens (tertiary/aromatic N) is 5. The maximum atomic E-state index is 4.59. The number of aryl methyl sites for hydroxylation is 1. The number of imidazole rings is 1. The van der Waals surface area contributed by atoms with Crippen molar-refractivity contribution in [1.82, 2.24) is 29.7 Å².